The third-order valence-electron chi connectivity index (χ3n) is 4.43. The molecule has 1 atom stereocenters. The van der Waals surface area contributed by atoms with E-state index in [-0.39, 0.29) is 18.6 Å². The van der Waals surface area contributed by atoms with E-state index in [9.17, 15) is 9.59 Å². The second-order valence-electron chi connectivity index (χ2n) is 6.74. The van der Waals surface area contributed by atoms with Gasteiger partial charge in [0.25, 0.3) is 11.8 Å². The van der Waals surface area contributed by atoms with Gasteiger partial charge in [0.2, 0.25) is 0 Å². The van der Waals surface area contributed by atoms with Crippen LogP contribution in [0.25, 0.3) is 0 Å². The van der Waals surface area contributed by atoms with Gasteiger partial charge in [-0.25, -0.2) is 5.43 Å². The van der Waals surface area contributed by atoms with Gasteiger partial charge in [-0.2, -0.15) is 5.10 Å². The number of nitrogens with one attached hydrogen (secondary N) is 2. The molecule has 0 bridgehead atoms. The summed E-state index contributed by atoms with van der Waals surface area (Å²) in [5.41, 5.74) is 4.58. The monoisotopic (exact) mass is 435 g/mol. The molecular weight excluding hydrogens is 414 g/mol. The zero-order valence-electron chi connectivity index (χ0n) is 16.9. The summed E-state index contributed by atoms with van der Waals surface area (Å²) in [6, 6.07) is 23.4. The average molecular weight is 436 g/mol. The first-order valence-corrected chi connectivity index (χ1v) is 10.1. The van der Waals surface area contributed by atoms with Crippen LogP contribution in [0.3, 0.4) is 0 Å². The number of hydrazone groups is 1. The molecule has 0 saturated heterocycles. The molecule has 0 unspecified atom stereocenters. The lowest BCUT2D eigenvalue weighted by Gasteiger charge is -2.14. The molecule has 0 aliphatic heterocycles. The zero-order chi connectivity index (χ0) is 22.1. The van der Waals surface area contributed by atoms with E-state index in [1.54, 1.807) is 48.5 Å². The summed E-state index contributed by atoms with van der Waals surface area (Å²) < 4.78 is 5.53. The van der Waals surface area contributed by atoms with Crippen LogP contribution in [0.15, 0.2) is 84.0 Å². The summed E-state index contributed by atoms with van der Waals surface area (Å²) in [4.78, 5) is 24.2. The predicted molar refractivity (Wildman–Crippen MR) is 121 cm³/mol. The number of hydrogen-bond donors (Lipinski definition) is 2. The fourth-order valence-electron chi connectivity index (χ4n) is 2.78. The Bertz CT molecular complexity index is 1050. The van der Waals surface area contributed by atoms with Crippen LogP contribution in [0.5, 0.6) is 5.75 Å². The molecule has 0 radical (unpaired) electrons. The summed E-state index contributed by atoms with van der Waals surface area (Å²) in [5.74, 6) is -0.0402. The molecule has 7 heteroatoms. The Morgan fingerprint density at radius 2 is 1.68 bits per heavy atom. The summed E-state index contributed by atoms with van der Waals surface area (Å²) in [7, 11) is 0. The normalized spacial score (nSPS) is 11.7. The van der Waals surface area contributed by atoms with E-state index in [1.165, 1.54) is 6.21 Å². The minimum Gasteiger partial charge on any atom is -0.484 e. The average Bonchev–Trinajstić information content (AvgIpc) is 2.79. The molecular formula is C24H22ClN3O3. The van der Waals surface area contributed by atoms with Gasteiger partial charge in [-0.05, 0) is 54.4 Å². The molecule has 0 heterocycles. The van der Waals surface area contributed by atoms with Gasteiger partial charge in [0, 0.05) is 0 Å². The second kappa shape index (κ2) is 10.9. The van der Waals surface area contributed by atoms with Crippen molar-refractivity contribution in [3.63, 3.8) is 0 Å². The van der Waals surface area contributed by atoms with Crippen molar-refractivity contribution in [3.05, 3.63) is 101 Å². The highest BCUT2D eigenvalue weighted by molar-refractivity contribution is 6.33. The van der Waals surface area contributed by atoms with Gasteiger partial charge in [-0.15, -0.1) is 0 Å². The van der Waals surface area contributed by atoms with Crippen molar-refractivity contribution in [2.75, 3.05) is 6.61 Å². The summed E-state index contributed by atoms with van der Waals surface area (Å²) in [6.07, 6.45) is 1.51. The number of rotatable bonds is 8. The molecule has 0 fully saturated rings. The van der Waals surface area contributed by atoms with E-state index in [0.29, 0.717) is 16.3 Å². The van der Waals surface area contributed by atoms with Crippen LogP contribution < -0.4 is 15.5 Å². The van der Waals surface area contributed by atoms with Crippen molar-refractivity contribution in [1.82, 2.24) is 10.7 Å². The second-order valence-corrected chi connectivity index (χ2v) is 7.14. The van der Waals surface area contributed by atoms with Crippen molar-refractivity contribution >= 4 is 29.6 Å². The summed E-state index contributed by atoms with van der Waals surface area (Å²) in [5, 5.41) is 7.20. The Hall–Kier alpha value is -3.64. The number of nitrogens with zero attached hydrogens (tertiary/aromatic N) is 1. The largest absolute Gasteiger partial charge is 0.484 e. The molecule has 3 rings (SSSR count). The molecule has 0 saturated carbocycles. The van der Waals surface area contributed by atoms with Crippen LogP contribution >= 0.6 is 11.6 Å². The van der Waals surface area contributed by atoms with Crippen molar-refractivity contribution in [2.24, 2.45) is 5.10 Å². The quantitative estimate of drug-likeness (QED) is 0.407. The molecule has 158 valence electrons. The molecule has 2 N–H and O–H groups in total. The smallest absolute Gasteiger partial charge is 0.272 e. The predicted octanol–water partition coefficient (Wildman–Crippen LogP) is 4.36. The van der Waals surface area contributed by atoms with Crippen LogP contribution in [-0.4, -0.2) is 24.6 Å². The number of halogens is 1. The number of carbonyl (C=O) groups is 2. The van der Waals surface area contributed by atoms with E-state index in [0.717, 1.165) is 11.1 Å². The fraction of sp³-hybridized carbons (Fsp3) is 0.125. The standard InChI is InChI=1S/C24H22ClN3O3/c1-17(19-7-3-2-4-8-19)27-23(29)16-31-20-13-11-18(12-14-20)15-26-28-24(30)21-9-5-6-10-22(21)25/h2-15,17H,16H2,1H3,(H,27,29)(H,28,30)/b26-15-/t17-/m0/s1. The van der Waals surface area contributed by atoms with Gasteiger partial charge in [0.05, 0.1) is 22.8 Å². The number of carbonyl (C=O) groups excluding carboxylic acids is 2. The molecule has 31 heavy (non-hydrogen) atoms. The molecule has 0 spiro atoms. The number of amides is 2. The van der Waals surface area contributed by atoms with Gasteiger partial charge >= 0.3 is 0 Å². The first kappa shape index (κ1) is 22.1. The Morgan fingerprint density at radius 3 is 2.39 bits per heavy atom. The molecule has 0 aliphatic rings. The third kappa shape index (κ3) is 6.69. The van der Waals surface area contributed by atoms with Gasteiger partial charge < -0.3 is 10.1 Å². The van der Waals surface area contributed by atoms with Crippen LogP contribution in [-0.2, 0) is 4.79 Å². The maximum absolute atomic E-state index is 12.1. The molecule has 0 aliphatic carbocycles. The van der Waals surface area contributed by atoms with E-state index in [4.69, 9.17) is 16.3 Å². The fourth-order valence-corrected chi connectivity index (χ4v) is 3.00. The van der Waals surface area contributed by atoms with Crippen molar-refractivity contribution < 1.29 is 14.3 Å². The summed E-state index contributed by atoms with van der Waals surface area (Å²) in [6.45, 7) is 1.84. The van der Waals surface area contributed by atoms with E-state index < -0.39 is 5.91 Å². The van der Waals surface area contributed by atoms with Crippen molar-refractivity contribution in [3.8, 4) is 5.75 Å². The lowest BCUT2D eigenvalue weighted by atomic mass is 10.1. The maximum atomic E-state index is 12.1. The number of hydrogen-bond acceptors (Lipinski definition) is 4. The third-order valence-corrected chi connectivity index (χ3v) is 4.75. The first-order valence-electron chi connectivity index (χ1n) is 9.68. The van der Waals surface area contributed by atoms with E-state index in [2.05, 4.69) is 15.8 Å². The van der Waals surface area contributed by atoms with Crippen LogP contribution in [0.2, 0.25) is 5.02 Å². The van der Waals surface area contributed by atoms with Crippen LogP contribution in [0, 0.1) is 0 Å². The van der Waals surface area contributed by atoms with Crippen molar-refractivity contribution in [1.29, 1.82) is 0 Å². The van der Waals surface area contributed by atoms with Gasteiger partial charge in [-0.1, -0.05) is 54.1 Å². The van der Waals surface area contributed by atoms with Crippen LogP contribution in [0.1, 0.15) is 34.5 Å². The minimum atomic E-state index is -0.391. The molecule has 3 aromatic carbocycles. The lowest BCUT2D eigenvalue weighted by molar-refractivity contribution is -0.123. The van der Waals surface area contributed by atoms with E-state index >= 15 is 0 Å². The van der Waals surface area contributed by atoms with Crippen molar-refractivity contribution in [2.45, 2.75) is 13.0 Å². The van der Waals surface area contributed by atoms with Gasteiger partial charge in [0.15, 0.2) is 6.61 Å². The Labute approximate surface area is 185 Å². The highest BCUT2D eigenvalue weighted by Gasteiger charge is 2.10. The number of benzene rings is 3. The Morgan fingerprint density at radius 1 is 1.00 bits per heavy atom. The van der Waals surface area contributed by atoms with Crippen LogP contribution in [0.4, 0.5) is 0 Å². The molecule has 6 nitrogen and oxygen atoms in total. The lowest BCUT2D eigenvalue weighted by Crippen LogP contribution is -2.31. The highest BCUT2D eigenvalue weighted by atomic mass is 35.5. The summed E-state index contributed by atoms with van der Waals surface area (Å²) >= 11 is 5.99. The SMILES string of the molecule is C[C@H](NC(=O)COc1ccc(/C=N\NC(=O)c2ccccc2Cl)cc1)c1ccccc1. The molecule has 2 amide bonds. The Kier molecular flexibility index (Phi) is 7.79. The van der Waals surface area contributed by atoms with Gasteiger partial charge in [-0.3, -0.25) is 9.59 Å². The number of ether oxygens (including phenoxy) is 1. The highest BCUT2D eigenvalue weighted by Crippen LogP contribution is 2.15. The van der Waals surface area contributed by atoms with Gasteiger partial charge in [0.1, 0.15) is 5.75 Å². The molecule has 0 aromatic heterocycles. The Balaban J connectivity index is 1.45. The minimum absolute atomic E-state index is 0.0848. The first-order chi connectivity index (χ1) is 15.0. The van der Waals surface area contributed by atoms with E-state index in [1.807, 2.05) is 37.3 Å². The maximum Gasteiger partial charge on any atom is 0.272 e. The zero-order valence-corrected chi connectivity index (χ0v) is 17.7. The topological polar surface area (TPSA) is 79.8 Å². The molecule has 3 aromatic rings.